The van der Waals surface area contributed by atoms with Gasteiger partial charge in [0.05, 0.1) is 5.56 Å². The third-order valence-corrected chi connectivity index (χ3v) is 9.12. The van der Waals surface area contributed by atoms with Gasteiger partial charge in [0.1, 0.15) is 0 Å². The molecule has 2 atom stereocenters. The monoisotopic (exact) mass is 569 g/mol. The van der Waals surface area contributed by atoms with Crippen molar-refractivity contribution in [1.29, 1.82) is 0 Å². The highest BCUT2D eigenvalue weighted by atomic mass is 35.5. The van der Waals surface area contributed by atoms with Crippen molar-refractivity contribution >= 4 is 35.0 Å². The van der Waals surface area contributed by atoms with E-state index < -0.39 is 5.95 Å². The number of amides is 3. The lowest BCUT2D eigenvalue weighted by Gasteiger charge is -2.34. The maximum Gasteiger partial charge on any atom is 0.258 e. The van der Waals surface area contributed by atoms with Crippen molar-refractivity contribution < 1.29 is 18.8 Å². The van der Waals surface area contributed by atoms with Gasteiger partial charge in [0, 0.05) is 75.6 Å². The minimum atomic E-state index is -0.718. The molecule has 0 bridgehead atoms. The second kappa shape index (κ2) is 12.2. The SMILES string of the molecule is CC(=O)N1CCC(C(=O)N(CCCN2CC3CN(C(=O)c4cccnc4F)CC3C2)c2ccc(C)c(Cl)c2)CC1. The van der Waals surface area contributed by atoms with Crippen molar-refractivity contribution in [1.82, 2.24) is 19.7 Å². The molecule has 3 saturated heterocycles. The maximum absolute atomic E-state index is 14.0. The number of piperidine rings is 1. The number of benzene rings is 1. The molecule has 3 fully saturated rings. The Morgan fingerprint density at radius 1 is 1.05 bits per heavy atom. The van der Waals surface area contributed by atoms with E-state index in [-0.39, 0.29) is 29.2 Å². The predicted molar refractivity (Wildman–Crippen MR) is 152 cm³/mol. The van der Waals surface area contributed by atoms with Gasteiger partial charge in [-0.3, -0.25) is 14.4 Å². The number of hydrogen-bond acceptors (Lipinski definition) is 5. The fraction of sp³-hybridized carbons (Fsp3) is 0.533. The first kappa shape index (κ1) is 28.5. The molecule has 0 aliphatic carbocycles. The molecule has 8 nitrogen and oxygen atoms in total. The second-order valence-corrected chi connectivity index (χ2v) is 11.8. The van der Waals surface area contributed by atoms with Crippen LogP contribution in [0.2, 0.25) is 5.02 Å². The van der Waals surface area contributed by atoms with Crippen LogP contribution in [0.1, 0.15) is 42.1 Å². The predicted octanol–water partition coefficient (Wildman–Crippen LogP) is 3.87. The Balaban J connectivity index is 1.16. The van der Waals surface area contributed by atoms with Gasteiger partial charge >= 0.3 is 0 Å². The van der Waals surface area contributed by atoms with E-state index in [2.05, 4.69) is 9.88 Å². The van der Waals surface area contributed by atoms with Crippen LogP contribution in [-0.4, -0.2) is 89.8 Å². The van der Waals surface area contributed by atoms with Crippen LogP contribution in [0.25, 0.3) is 0 Å². The first-order chi connectivity index (χ1) is 19.2. The number of anilines is 1. The molecular weight excluding hydrogens is 533 g/mol. The number of rotatable bonds is 7. The smallest absolute Gasteiger partial charge is 0.258 e. The molecule has 3 amide bonds. The van der Waals surface area contributed by atoms with Crippen LogP contribution in [-0.2, 0) is 9.59 Å². The highest BCUT2D eigenvalue weighted by Crippen LogP contribution is 2.33. The van der Waals surface area contributed by atoms with Crippen molar-refractivity contribution in [2.24, 2.45) is 17.8 Å². The Morgan fingerprint density at radius 3 is 2.38 bits per heavy atom. The summed E-state index contributed by atoms with van der Waals surface area (Å²) in [5.41, 5.74) is 1.81. The number of carbonyl (C=O) groups is 3. The lowest BCUT2D eigenvalue weighted by Crippen LogP contribution is -2.44. The van der Waals surface area contributed by atoms with Crippen molar-refractivity contribution in [3.63, 3.8) is 0 Å². The average molecular weight is 570 g/mol. The van der Waals surface area contributed by atoms with Crippen LogP contribution in [0.5, 0.6) is 0 Å². The highest BCUT2D eigenvalue weighted by Gasteiger charge is 2.42. The van der Waals surface area contributed by atoms with Crippen LogP contribution in [0.15, 0.2) is 36.5 Å². The molecule has 40 heavy (non-hydrogen) atoms. The Hall–Kier alpha value is -3.04. The summed E-state index contributed by atoms with van der Waals surface area (Å²) < 4.78 is 14.0. The Kier molecular flexibility index (Phi) is 8.71. The zero-order valence-electron chi connectivity index (χ0n) is 23.2. The lowest BCUT2D eigenvalue weighted by molar-refractivity contribution is -0.133. The molecule has 5 rings (SSSR count). The minimum Gasteiger partial charge on any atom is -0.343 e. The molecule has 0 N–H and O–H groups in total. The minimum absolute atomic E-state index is 0.0345. The zero-order chi connectivity index (χ0) is 28.4. The fourth-order valence-corrected chi connectivity index (χ4v) is 6.56. The van der Waals surface area contributed by atoms with E-state index in [9.17, 15) is 18.8 Å². The van der Waals surface area contributed by atoms with Crippen molar-refractivity contribution in [2.75, 3.05) is 57.3 Å². The van der Waals surface area contributed by atoms with E-state index in [0.29, 0.717) is 62.4 Å². The quantitative estimate of drug-likeness (QED) is 0.473. The van der Waals surface area contributed by atoms with E-state index >= 15 is 0 Å². The summed E-state index contributed by atoms with van der Waals surface area (Å²) in [5, 5.41) is 0.638. The van der Waals surface area contributed by atoms with E-state index in [0.717, 1.165) is 37.3 Å². The summed E-state index contributed by atoms with van der Waals surface area (Å²) in [7, 11) is 0. The largest absolute Gasteiger partial charge is 0.343 e. The first-order valence-electron chi connectivity index (χ1n) is 14.2. The van der Waals surface area contributed by atoms with Gasteiger partial charge in [-0.05, 0) is 74.4 Å². The Bertz CT molecular complexity index is 1250. The van der Waals surface area contributed by atoms with E-state index in [1.165, 1.54) is 12.3 Å². The van der Waals surface area contributed by atoms with E-state index in [1.54, 1.807) is 17.9 Å². The highest BCUT2D eigenvalue weighted by molar-refractivity contribution is 6.31. The lowest BCUT2D eigenvalue weighted by atomic mass is 9.94. The standard InChI is InChI=1S/C30H37ClFN5O3/c1-20-6-7-25(15-27(20)31)37(29(39)22-8-13-35(14-9-22)21(2)38)12-4-11-34-16-23-18-36(19-24(23)17-34)30(40)26-5-3-10-33-28(26)32/h3,5-7,10,15,22-24H,4,8-9,11-14,16-19H2,1-2H3. The Labute approximate surface area is 240 Å². The molecule has 3 aliphatic heterocycles. The number of pyridine rings is 1. The van der Waals surface area contributed by atoms with Crippen molar-refractivity contribution in [3.05, 3.63) is 58.6 Å². The molecule has 2 aromatic rings. The van der Waals surface area contributed by atoms with Gasteiger partial charge in [-0.25, -0.2) is 4.98 Å². The number of aryl methyl sites for hydroxylation is 1. The zero-order valence-corrected chi connectivity index (χ0v) is 23.9. The molecule has 10 heteroatoms. The van der Waals surface area contributed by atoms with Crippen LogP contribution in [0, 0.1) is 30.6 Å². The van der Waals surface area contributed by atoms with Crippen LogP contribution < -0.4 is 4.90 Å². The van der Waals surface area contributed by atoms with Gasteiger partial charge in [-0.2, -0.15) is 4.39 Å². The number of hydrogen-bond donors (Lipinski definition) is 0. The van der Waals surface area contributed by atoms with E-state index in [1.807, 2.05) is 34.9 Å². The molecule has 0 saturated carbocycles. The van der Waals surface area contributed by atoms with Crippen LogP contribution in [0.4, 0.5) is 10.1 Å². The van der Waals surface area contributed by atoms with Gasteiger partial charge in [-0.1, -0.05) is 17.7 Å². The summed E-state index contributed by atoms with van der Waals surface area (Å²) in [5.74, 6) is -0.239. The third kappa shape index (κ3) is 6.15. The maximum atomic E-state index is 14.0. The second-order valence-electron chi connectivity index (χ2n) is 11.4. The number of likely N-dealkylation sites (tertiary alicyclic amines) is 3. The van der Waals surface area contributed by atoms with Gasteiger partial charge in [-0.15, -0.1) is 0 Å². The molecule has 2 unspecified atom stereocenters. The van der Waals surface area contributed by atoms with Crippen LogP contribution in [0.3, 0.4) is 0 Å². The first-order valence-corrected chi connectivity index (χ1v) is 14.5. The van der Waals surface area contributed by atoms with E-state index in [4.69, 9.17) is 11.6 Å². The number of halogens is 2. The van der Waals surface area contributed by atoms with Gasteiger partial charge in [0.25, 0.3) is 5.91 Å². The fourth-order valence-electron chi connectivity index (χ4n) is 6.38. The molecular formula is C30H37ClFN5O3. The number of nitrogens with zero attached hydrogens (tertiary/aromatic N) is 5. The number of aromatic nitrogens is 1. The molecule has 3 aliphatic rings. The third-order valence-electron chi connectivity index (χ3n) is 8.72. The summed E-state index contributed by atoms with van der Waals surface area (Å²) in [6.45, 7) is 9.20. The number of fused-ring (bicyclic) bond motifs is 1. The van der Waals surface area contributed by atoms with Crippen LogP contribution >= 0.6 is 11.6 Å². The summed E-state index contributed by atoms with van der Waals surface area (Å²) in [4.78, 5) is 49.7. The van der Waals surface area contributed by atoms with Crippen molar-refractivity contribution in [3.8, 4) is 0 Å². The summed E-state index contributed by atoms with van der Waals surface area (Å²) in [6, 6.07) is 8.86. The normalized spacial score (nSPS) is 21.5. The molecule has 4 heterocycles. The van der Waals surface area contributed by atoms with Gasteiger partial charge < -0.3 is 19.6 Å². The molecule has 214 valence electrons. The summed E-state index contributed by atoms with van der Waals surface area (Å²) >= 11 is 6.43. The number of carbonyl (C=O) groups excluding carboxylic acids is 3. The summed E-state index contributed by atoms with van der Waals surface area (Å²) in [6.07, 6.45) is 3.50. The molecule has 1 aromatic heterocycles. The van der Waals surface area contributed by atoms with Gasteiger partial charge in [0.2, 0.25) is 17.8 Å². The van der Waals surface area contributed by atoms with Crippen molar-refractivity contribution in [2.45, 2.75) is 33.1 Å². The topological polar surface area (TPSA) is 77.1 Å². The molecule has 0 spiro atoms. The average Bonchev–Trinajstić information content (AvgIpc) is 3.51. The molecule has 1 aromatic carbocycles. The van der Waals surface area contributed by atoms with Gasteiger partial charge in [0.15, 0.2) is 0 Å². The molecule has 0 radical (unpaired) electrons. The Morgan fingerprint density at radius 2 is 1.75 bits per heavy atom.